The molecule has 1 heterocycles. The highest BCUT2D eigenvalue weighted by molar-refractivity contribution is 5.15. The third-order valence-electron chi connectivity index (χ3n) is 3.45. The monoisotopic (exact) mass is 273 g/mol. The summed E-state index contributed by atoms with van der Waals surface area (Å²) in [5, 5.41) is 0. The van der Waals surface area contributed by atoms with Crippen molar-refractivity contribution in [3.05, 3.63) is 61.0 Å². The quantitative estimate of drug-likeness (QED) is 0.760. The van der Waals surface area contributed by atoms with Crippen molar-refractivity contribution >= 4 is 0 Å². The maximum absolute atomic E-state index is 5.90. The van der Waals surface area contributed by atoms with Crippen LogP contribution >= 0.6 is 0 Å². The van der Waals surface area contributed by atoms with Crippen molar-refractivity contribution < 1.29 is 9.47 Å². The highest BCUT2D eigenvalue weighted by atomic mass is 16.7. The Morgan fingerprint density at radius 2 is 1.95 bits per heavy atom. The van der Waals surface area contributed by atoms with Crippen molar-refractivity contribution in [2.24, 2.45) is 0 Å². The third kappa shape index (κ3) is 3.95. The predicted octanol–water partition coefficient (Wildman–Crippen LogP) is 3.34. The summed E-state index contributed by atoms with van der Waals surface area (Å²) in [6, 6.07) is 10.4. The van der Waals surface area contributed by atoms with Crippen LogP contribution in [0.1, 0.15) is 18.9 Å². The van der Waals surface area contributed by atoms with Crippen molar-refractivity contribution in [3.8, 4) is 0 Å². The molecule has 1 aromatic rings. The Hall–Kier alpha value is -1.58. The van der Waals surface area contributed by atoms with E-state index in [0.717, 1.165) is 12.8 Å². The van der Waals surface area contributed by atoms with Crippen molar-refractivity contribution in [1.82, 2.24) is 4.90 Å². The number of ether oxygens (including phenoxy) is 2. The minimum absolute atomic E-state index is 0.524. The molecule has 1 aromatic carbocycles. The van der Waals surface area contributed by atoms with E-state index in [0.29, 0.717) is 19.8 Å². The number of nitrogens with zero attached hydrogens (tertiary/aromatic N) is 1. The summed E-state index contributed by atoms with van der Waals surface area (Å²) in [5.74, 6) is -0.524. The van der Waals surface area contributed by atoms with Crippen LogP contribution in [0.4, 0.5) is 0 Å². The van der Waals surface area contributed by atoms with Gasteiger partial charge in [-0.2, -0.15) is 0 Å². The molecule has 0 atom stereocenters. The number of benzene rings is 1. The Morgan fingerprint density at radius 1 is 1.25 bits per heavy atom. The summed E-state index contributed by atoms with van der Waals surface area (Å²) >= 11 is 0. The van der Waals surface area contributed by atoms with E-state index in [1.165, 1.54) is 5.56 Å². The maximum atomic E-state index is 5.90. The van der Waals surface area contributed by atoms with Gasteiger partial charge in [0.15, 0.2) is 5.79 Å². The zero-order valence-corrected chi connectivity index (χ0v) is 12.1. The van der Waals surface area contributed by atoms with Gasteiger partial charge in [-0.3, -0.25) is 0 Å². The van der Waals surface area contributed by atoms with Gasteiger partial charge in [-0.05, 0) is 31.3 Å². The van der Waals surface area contributed by atoms with Crippen LogP contribution in [0.3, 0.4) is 0 Å². The maximum Gasteiger partial charge on any atom is 0.186 e. The number of hydrogen-bond acceptors (Lipinski definition) is 3. The van der Waals surface area contributed by atoms with Crippen molar-refractivity contribution in [2.45, 2.75) is 25.6 Å². The van der Waals surface area contributed by atoms with Crippen LogP contribution in [-0.2, 0) is 15.9 Å². The SMILES string of the molecule is C=CN(/C=C\C)CC1(CCc2ccccc2)OCCO1. The lowest BCUT2D eigenvalue weighted by molar-refractivity contribution is -0.167. The van der Waals surface area contributed by atoms with Gasteiger partial charge in [0.1, 0.15) is 0 Å². The Kier molecular flexibility index (Phi) is 5.39. The molecule has 3 heteroatoms. The largest absolute Gasteiger partial charge is 0.350 e. The van der Waals surface area contributed by atoms with Gasteiger partial charge in [0.05, 0.1) is 19.8 Å². The topological polar surface area (TPSA) is 21.7 Å². The van der Waals surface area contributed by atoms with Crippen LogP contribution in [0.2, 0.25) is 0 Å². The highest BCUT2D eigenvalue weighted by Crippen LogP contribution is 2.27. The predicted molar refractivity (Wildman–Crippen MR) is 81.1 cm³/mol. The van der Waals surface area contributed by atoms with E-state index in [2.05, 4.69) is 30.8 Å². The van der Waals surface area contributed by atoms with Gasteiger partial charge in [-0.25, -0.2) is 0 Å². The second-order valence-corrected chi connectivity index (χ2v) is 4.93. The molecule has 3 nitrogen and oxygen atoms in total. The molecule has 0 N–H and O–H groups in total. The van der Waals surface area contributed by atoms with Crippen LogP contribution in [-0.4, -0.2) is 30.4 Å². The van der Waals surface area contributed by atoms with Gasteiger partial charge in [-0.1, -0.05) is 43.0 Å². The molecule has 0 aliphatic carbocycles. The zero-order valence-electron chi connectivity index (χ0n) is 12.1. The van der Waals surface area contributed by atoms with Crippen LogP contribution in [0.15, 0.2) is 55.4 Å². The van der Waals surface area contributed by atoms with Crippen LogP contribution in [0.5, 0.6) is 0 Å². The molecule has 20 heavy (non-hydrogen) atoms. The Bertz CT molecular complexity index is 436. The standard InChI is InChI=1S/C17H23NO2/c1-3-12-18(4-2)15-17(19-13-14-20-17)11-10-16-8-6-5-7-9-16/h3-9,12H,2,10-11,13-15H2,1H3/b12-3-. The Balaban J connectivity index is 2.00. The van der Waals surface area contributed by atoms with Crippen LogP contribution in [0.25, 0.3) is 0 Å². The molecule has 0 radical (unpaired) electrons. The Labute approximate surface area is 121 Å². The highest BCUT2D eigenvalue weighted by Gasteiger charge is 2.37. The summed E-state index contributed by atoms with van der Waals surface area (Å²) in [7, 11) is 0. The molecule has 1 fully saturated rings. The average Bonchev–Trinajstić information content (AvgIpc) is 2.95. The molecule has 108 valence electrons. The number of hydrogen-bond donors (Lipinski definition) is 0. The molecule has 0 unspecified atom stereocenters. The van der Waals surface area contributed by atoms with Crippen molar-refractivity contribution in [1.29, 1.82) is 0 Å². The van der Waals surface area contributed by atoms with E-state index >= 15 is 0 Å². The third-order valence-corrected chi connectivity index (χ3v) is 3.45. The Morgan fingerprint density at radius 3 is 2.55 bits per heavy atom. The first-order valence-electron chi connectivity index (χ1n) is 7.11. The molecule has 0 amide bonds. The molecule has 0 spiro atoms. The number of allylic oxidation sites excluding steroid dienone is 1. The first-order chi connectivity index (χ1) is 9.78. The summed E-state index contributed by atoms with van der Waals surface area (Å²) in [4.78, 5) is 2.01. The lowest BCUT2D eigenvalue weighted by Crippen LogP contribution is -2.41. The second kappa shape index (κ2) is 7.27. The molecule has 2 rings (SSSR count). The van der Waals surface area contributed by atoms with E-state index < -0.39 is 5.79 Å². The normalized spacial score (nSPS) is 17.4. The summed E-state index contributed by atoms with van der Waals surface area (Å²) in [5.41, 5.74) is 1.31. The van der Waals surface area contributed by atoms with Crippen LogP contribution < -0.4 is 0 Å². The molecule has 1 aliphatic rings. The fourth-order valence-electron chi connectivity index (χ4n) is 2.44. The average molecular weight is 273 g/mol. The summed E-state index contributed by atoms with van der Waals surface area (Å²) in [6.07, 6.45) is 7.57. The lowest BCUT2D eigenvalue weighted by atomic mass is 10.0. The van der Waals surface area contributed by atoms with E-state index in [4.69, 9.17) is 9.47 Å². The smallest absolute Gasteiger partial charge is 0.186 e. The fourth-order valence-corrected chi connectivity index (χ4v) is 2.44. The number of aryl methyl sites for hydroxylation is 1. The first kappa shape index (κ1) is 14.8. The van der Waals surface area contributed by atoms with Crippen LogP contribution in [0, 0.1) is 0 Å². The van der Waals surface area contributed by atoms with Crippen molar-refractivity contribution in [2.75, 3.05) is 19.8 Å². The molecule has 0 bridgehead atoms. The fraction of sp³-hybridized carbons (Fsp3) is 0.412. The van der Waals surface area contributed by atoms with Gasteiger partial charge in [0.25, 0.3) is 0 Å². The van der Waals surface area contributed by atoms with E-state index in [-0.39, 0.29) is 0 Å². The second-order valence-electron chi connectivity index (χ2n) is 4.93. The van der Waals surface area contributed by atoms with Gasteiger partial charge in [-0.15, -0.1) is 0 Å². The first-order valence-corrected chi connectivity index (χ1v) is 7.11. The molecule has 1 saturated heterocycles. The van der Waals surface area contributed by atoms with E-state index in [9.17, 15) is 0 Å². The number of rotatable bonds is 7. The zero-order chi connectivity index (χ0) is 14.3. The molecule has 0 saturated carbocycles. The molecule has 0 aromatic heterocycles. The summed E-state index contributed by atoms with van der Waals surface area (Å²) in [6.45, 7) is 7.82. The molecular weight excluding hydrogens is 250 g/mol. The van der Waals surface area contributed by atoms with E-state index in [1.807, 2.05) is 30.2 Å². The van der Waals surface area contributed by atoms with E-state index in [1.54, 1.807) is 6.20 Å². The van der Waals surface area contributed by atoms with Gasteiger partial charge < -0.3 is 14.4 Å². The van der Waals surface area contributed by atoms with Gasteiger partial charge >= 0.3 is 0 Å². The van der Waals surface area contributed by atoms with Gasteiger partial charge in [0.2, 0.25) is 0 Å². The molecular formula is C17H23NO2. The lowest BCUT2D eigenvalue weighted by Gasteiger charge is -2.31. The molecule has 1 aliphatic heterocycles. The summed E-state index contributed by atoms with van der Waals surface area (Å²) < 4.78 is 11.8. The van der Waals surface area contributed by atoms with Crippen molar-refractivity contribution in [3.63, 3.8) is 0 Å². The minimum Gasteiger partial charge on any atom is -0.350 e. The van der Waals surface area contributed by atoms with Gasteiger partial charge in [0, 0.05) is 6.42 Å². The minimum atomic E-state index is -0.524.